The van der Waals surface area contributed by atoms with Gasteiger partial charge in [0.25, 0.3) is 0 Å². The summed E-state index contributed by atoms with van der Waals surface area (Å²) in [5.41, 5.74) is 3.93. The number of esters is 1. The number of aryl methyl sites for hydroxylation is 2. The van der Waals surface area contributed by atoms with Crippen LogP contribution in [-0.2, 0) is 20.5 Å². The zero-order valence-corrected chi connectivity index (χ0v) is 19.8. The number of carbonyl (C=O) groups is 1. The lowest BCUT2D eigenvalue weighted by Crippen LogP contribution is -2.37. The van der Waals surface area contributed by atoms with Crippen LogP contribution in [0.3, 0.4) is 0 Å². The SMILES string of the molecule is CCOC(=O)C[C@H](N[S@](=O)C(C)(C)C)c1cc(-c2c(C)cccc2C)cc(Cl)c1F. The zero-order chi connectivity index (χ0) is 22.6. The van der Waals surface area contributed by atoms with E-state index in [0.29, 0.717) is 0 Å². The summed E-state index contributed by atoms with van der Waals surface area (Å²) in [7, 11) is -1.53. The van der Waals surface area contributed by atoms with E-state index in [1.807, 2.05) is 32.0 Å². The number of rotatable bonds is 7. The molecule has 0 fully saturated rings. The first-order chi connectivity index (χ1) is 14.0. The van der Waals surface area contributed by atoms with Crippen LogP contribution in [0.1, 0.15) is 56.8 Å². The molecule has 0 aromatic heterocycles. The minimum atomic E-state index is -1.53. The Bertz CT molecular complexity index is 936. The highest BCUT2D eigenvalue weighted by atomic mass is 35.5. The molecule has 0 aliphatic heterocycles. The van der Waals surface area contributed by atoms with Gasteiger partial charge in [0.1, 0.15) is 5.82 Å². The van der Waals surface area contributed by atoms with Gasteiger partial charge >= 0.3 is 5.97 Å². The number of hydrogen-bond donors (Lipinski definition) is 1. The Kier molecular flexibility index (Phi) is 8.20. The van der Waals surface area contributed by atoms with E-state index in [1.54, 1.807) is 39.8 Å². The topological polar surface area (TPSA) is 55.4 Å². The number of hydrogen-bond acceptors (Lipinski definition) is 3. The zero-order valence-electron chi connectivity index (χ0n) is 18.3. The molecular formula is C23H29ClFNO3S. The molecule has 0 aliphatic rings. The van der Waals surface area contributed by atoms with Gasteiger partial charge in [-0.15, -0.1) is 0 Å². The van der Waals surface area contributed by atoms with Crippen molar-refractivity contribution < 1.29 is 18.1 Å². The summed E-state index contributed by atoms with van der Waals surface area (Å²) in [6.45, 7) is 11.3. The molecule has 2 aromatic rings. The molecule has 0 saturated heterocycles. The molecule has 0 bridgehead atoms. The normalized spacial score (nSPS) is 13.7. The first kappa shape index (κ1) is 24.5. The van der Waals surface area contributed by atoms with Gasteiger partial charge in [0.05, 0.1) is 39.8 Å². The summed E-state index contributed by atoms with van der Waals surface area (Å²) in [5.74, 6) is -1.15. The second-order valence-corrected chi connectivity index (χ2v) is 10.6. The Hall–Kier alpha value is -1.76. The van der Waals surface area contributed by atoms with Crippen molar-refractivity contribution in [2.45, 2.75) is 58.8 Å². The summed E-state index contributed by atoms with van der Waals surface area (Å²) in [5, 5.41) is -0.0534. The average Bonchev–Trinajstić information content (AvgIpc) is 2.63. The van der Waals surface area contributed by atoms with Gasteiger partial charge in [0, 0.05) is 5.56 Å². The van der Waals surface area contributed by atoms with E-state index >= 15 is 4.39 Å². The molecule has 0 amide bonds. The monoisotopic (exact) mass is 453 g/mol. The average molecular weight is 454 g/mol. The van der Waals surface area contributed by atoms with Crippen molar-refractivity contribution in [3.8, 4) is 11.1 Å². The van der Waals surface area contributed by atoms with Crippen LogP contribution >= 0.6 is 11.6 Å². The maximum absolute atomic E-state index is 15.1. The van der Waals surface area contributed by atoms with Gasteiger partial charge in [-0.2, -0.15) is 0 Å². The molecule has 0 radical (unpaired) electrons. The quantitative estimate of drug-likeness (QED) is 0.538. The number of nitrogens with one attached hydrogen (secondary N) is 1. The van der Waals surface area contributed by atoms with Crippen molar-refractivity contribution in [2.75, 3.05) is 6.61 Å². The van der Waals surface area contributed by atoms with Crippen LogP contribution in [0, 0.1) is 19.7 Å². The lowest BCUT2D eigenvalue weighted by Gasteiger charge is -2.25. The molecule has 7 heteroatoms. The minimum absolute atomic E-state index is 0.0534. The van der Waals surface area contributed by atoms with E-state index in [0.717, 1.165) is 22.3 Å². The fraction of sp³-hybridized carbons (Fsp3) is 0.435. The molecule has 0 heterocycles. The second-order valence-electron chi connectivity index (χ2n) is 8.19. The molecule has 4 nitrogen and oxygen atoms in total. The molecular weight excluding hydrogens is 425 g/mol. The first-order valence-electron chi connectivity index (χ1n) is 9.84. The highest BCUT2D eigenvalue weighted by molar-refractivity contribution is 7.84. The minimum Gasteiger partial charge on any atom is -0.466 e. The summed E-state index contributed by atoms with van der Waals surface area (Å²) in [6, 6.07) is 8.30. The largest absolute Gasteiger partial charge is 0.466 e. The third-order valence-corrected chi connectivity index (χ3v) is 6.57. The maximum atomic E-state index is 15.1. The summed E-state index contributed by atoms with van der Waals surface area (Å²) >= 11 is 6.25. The Morgan fingerprint density at radius 3 is 2.37 bits per heavy atom. The molecule has 0 aliphatic carbocycles. The standard InChI is InChI=1S/C23H29ClFNO3S/c1-7-29-20(27)13-19(26-30(28)23(4,5)6)17-11-16(12-18(24)22(17)25)21-14(2)9-8-10-15(21)3/h8-12,19,26H,7,13H2,1-6H3/t19-,30+/m0/s1. The molecule has 2 aromatic carbocycles. The number of benzene rings is 2. The van der Waals surface area contributed by atoms with Gasteiger partial charge in [-0.25, -0.2) is 13.3 Å². The molecule has 0 spiro atoms. The fourth-order valence-corrected chi connectivity index (χ4v) is 4.23. The molecule has 2 atom stereocenters. The van der Waals surface area contributed by atoms with Gasteiger partial charge < -0.3 is 4.74 Å². The lowest BCUT2D eigenvalue weighted by molar-refractivity contribution is -0.143. The van der Waals surface area contributed by atoms with E-state index in [-0.39, 0.29) is 23.6 Å². The summed E-state index contributed by atoms with van der Waals surface area (Å²) < 4.78 is 35.2. The molecule has 0 saturated carbocycles. The Balaban J connectivity index is 2.60. The molecule has 1 N–H and O–H groups in total. The fourth-order valence-electron chi connectivity index (χ4n) is 3.19. The van der Waals surface area contributed by atoms with Crippen molar-refractivity contribution in [1.29, 1.82) is 0 Å². The lowest BCUT2D eigenvalue weighted by atomic mass is 9.92. The Morgan fingerprint density at radius 2 is 1.83 bits per heavy atom. The summed E-state index contributed by atoms with van der Waals surface area (Å²) in [6.07, 6.45) is -0.168. The highest BCUT2D eigenvalue weighted by Crippen LogP contribution is 2.35. The molecule has 2 rings (SSSR count). The van der Waals surface area contributed by atoms with E-state index in [1.165, 1.54) is 0 Å². The van der Waals surface area contributed by atoms with Crippen molar-refractivity contribution in [2.24, 2.45) is 0 Å². The molecule has 164 valence electrons. The van der Waals surface area contributed by atoms with Crippen LogP contribution < -0.4 is 4.72 Å². The molecule has 0 unspecified atom stereocenters. The van der Waals surface area contributed by atoms with Crippen molar-refractivity contribution >= 4 is 28.6 Å². The highest BCUT2D eigenvalue weighted by Gasteiger charge is 2.28. The van der Waals surface area contributed by atoms with Gasteiger partial charge in [-0.05, 0) is 75.9 Å². The van der Waals surface area contributed by atoms with Crippen LogP contribution in [0.2, 0.25) is 5.02 Å². The van der Waals surface area contributed by atoms with Gasteiger partial charge in [-0.1, -0.05) is 29.8 Å². The van der Waals surface area contributed by atoms with Crippen LogP contribution in [0.5, 0.6) is 0 Å². The van der Waals surface area contributed by atoms with Crippen molar-refractivity contribution in [3.63, 3.8) is 0 Å². The summed E-state index contributed by atoms with van der Waals surface area (Å²) in [4.78, 5) is 12.2. The van der Waals surface area contributed by atoms with Crippen LogP contribution in [0.25, 0.3) is 11.1 Å². The number of halogens is 2. The van der Waals surface area contributed by atoms with E-state index < -0.39 is 33.6 Å². The van der Waals surface area contributed by atoms with E-state index in [9.17, 15) is 9.00 Å². The number of ether oxygens (including phenoxy) is 1. The van der Waals surface area contributed by atoms with Crippen LogP contribution in [0.4, 0.5) is 4.39 Å². The maximum Gasteiger partial charge on any atom is 0.307 e. The van der Waals surface area contributed by atoms with E-state index in [4.69, 9.17) is 16.3 Å². The predicted octanol–water partition coefficient (Wildman–Crippen LogP) is 5.81. The predicted molar refractivity (Wildman–Crippen MR) is 121 cm³/mol. The van der Waals surface area contributed by atoms with Gasteiger partial charge in [-0.3, -0.25) is 4.79 Å². The van der Waals surface area contributed by atoms with Crippen molar-refractivity contribution in [3.05, 3.63) is 57.9 Å². The second kappa shape index (κ2) is 10.0. The van der Waals surface area contributed by atoms with Gasteiger partial charge in [0.15, 0.2) is 0 Å². The third-order valence-electron chi connectivity index (χ3n) is 4.68. The van der Waals surface area contributed by atoms with Crippen molar-refractivity contribution in [1.82, 2.24) is 4.72 Å². The van der Waals surface area contributed by atoms with Gasteiger partial charge in [0.2, 0.25) is 0 Å². The number of carbonyl (C=O) groups excluding carboxylic acids is 1. The smallest absolute Gasteiger partial charge is 0.307 e. The molecule has 30 heavy (non-hydrogen) atoms. The Labute approximate surface area is 185 Å². The first-order valence-corrected chi connectivity index (χ1v) is 11.4. The third kappa shape index (κ3) is 5.90. The van der Waals surface area contributed by atoms with Crippen LogP contribution in [0.15, 0.2) is 30.3 Å². The Morgan fingerprint density at radius 1 is 1.23 bits per heavy atom. The van der Waals surface area contributed by atoms with E-state index in [2.05, 4.69) is 4.72 Å². The van der Waals surface area contributed by atoms with Crippen LogP contribution in [-0.4, -0.2) is 21.5 Å².